The largest absolute Gasteiger partial charge is 0.372 e. The number of carbonyl (C=O) groups excluding carboxylic acids is 1. The molecular formula is C13H11BrFN3O. The van der Waals surface area contributed by atoms with Gasteiger partial charge < -0.3 is 10.6 Å². The highest BCUT2D eigenvalue weighted by Crippen LogP contribution is 2.24. The lowest BCUT2D eigenvalue weighted by atomic mass is 10.2. The Morgan fingerprint density at radius 2 is 2.16 bits per heavy atom. The maximum Gasteiger partial charge on any atom is 0.259 e. The summed E-state index contributed by atoms with van der Waals surface area (Å²) in [6.07, 6.45) is 1.58. The summed E-state index contributed by atoms with van der Waals surface area (Å²) in [5.41, 5.74) is 0.761. The van der Waals surface area contributed by atoms with E-state index in [1.165, 1.54) is 18.2 Å². The Balaban J connectivity index is 2.28. The van der Waals surface area contributed by atoms with Gasteiger partial charge in [-0.15, -0.1) is 0 Å². The van der Waals surface area contributed by atoms with Gasteiger partial charge in [0.1, 0.15) is 11.6 Å². The van der Waals surface area contributed by atoms with Gasteiger partial charge in [0, 0.05) is 17.7 Å². The topological polar surface area (TPSA) is 54.0 Å². The van der Waals surface area contributed by atoms with Crippen LogP contribution in [0.3, 0.4) is 0 Å². The SMILES string of the molecule is CNc1ncccc1C(=O)Nc1cc(F)ccc1Br. The van der Waals surface area contributed by atoms with Crippen molar-refractivity contribution >= 4 is 33.3 Å². The van der Waals surface area contributed by atoms with Gasteiger partial charge in [-0.3, -0.25) is 4.79 Å². The van der Waals surface area contributed by atoms with Gasteiger partial charge in [0.2, 0.25) is 0 Å². The minimum absolute atomic E-state index is 0.358. The lowest BCUT2D eigenvalue weighted by molar-refractivity contribution is 0.102. The molecule has 2 rings (SSSR count). The van der Waals surface area contributed by atoms with Crippen LogP contribution in [-0.4, -0.2) is 17.9 Å². The van der Waals surface area contributed by atoms with Gasteiger partial charge in [-0.25, -0.2) is 9.37 Å². The number of rotatable bonds is 3. The number of nitrogens with zero attached hydrogens (tertiary/aromatic N) is 1. The molecule has 0 aliphatic heterocycles. The van der Waals surface area contributed by atoms with Crippen molar-refractivity contribution in [3.63, 3.8) is 0 Å². The van der Waals surface area contributed by atoms with E-state index in [9.17, 15) is 9.18 Å². The first-order valence-electron chi connectivity index (χ1n) is 5.51. The Kier molecular flexibility index (Phi) is 4.11. The number of carbonyl (C=O) groups is 1. The molecule has 0 atom stereocenters. The fraction of sp³-hybridized carbons (Fsp3) is 0.0769. The third kappa shape index (κ3) is 3.08. The van der Waals surface area contributed by atoms with Crippen LogP contribution in [0.4, 0.5) is 15.9 Å². The van der Waals surface area contributed by atoms with Crippen LogP contribution in [0.15, 0.2) is 41.0 Å². The summed E-state index contributed by atoms with van der Waals surface area (Å²) in [6.45, 7) is 0. The van der Waals surface area contributed by atoms with Gasteiger partial charge in [0.25, 0.3) is 5.91 Å². The zero-order chi connectivity index (χ0) is 13.8. The Labute approximate surface area is 118 Å². The van der Waals surface area contributed by atoms with E-state index in [1.54, 1.807) is 25.4 Å². The second kappa shape index (κ2) is 5.79. The first-order chi connectivity index (χ1) is 9.11. The molecule has 0 saturated heterocycles. The van der Waals surface area contributed by atoms with Gasteiger partial charge in [-0.2, -0.15) is 0 Å². The monoisotopic (exact) mass is 323 g/mol. The van der Waals surface area contributed by atoms with Crippen LogP contribution < -0.4 is 10.6 Å². The molecule has 0 fully saturated rings. The van der Waals surface area contributed by atoms with Crippen LogP contribution in [-0.2, 0) is 0 Å². The van der Waals surface area contributed by atoms with E-state index in [1.807, 2.05) is 0 Å². The van der Waals surface area contributed by atoms with E-state index >= 15 is 0 Å². The first-order valence-corrected chi connectivity index (χ1v) is 6.30. The number of anilines is 2. The molecule has 4 nitrogen and oxygen atoms in total. The quantitative estimate of drug-likeness (QED) is 0.911. The van der Waals surface area contributed by atoms with Crippen LogP contribution in [0.25, 0.3) is 0 Å². The number of aromatic nitrogens is 1. The van der Waals surface area contributed by atoms with Gasteiger partial charge in [-0.05, 0) is 46.3 Å². The molecule has 98 valence electrons. The van der Waals surface area contributed by atoms with Crippen molar-refractivity contribution < 1.29 is 9.18 Å². The molecule has 0 saturated carbocycles. The molecule has 6 heteroatoms. The number of hydrogen-bond donors (Lipinski definition) is 2. The van der Waals surface area contributed by atoms with Crippen LogP contribution in [0, 0.1) is 5.82 Å². The Bertz CT molecular complexity index is 619. The number of hydrogen-bond acceptors (Lipinski definition) is 3. The van der Waals surface area contributed by atoms with Crippen LogP contribution in [0.2, 0.25) is 0 Å². The highest BCUT2D eigenvalue weighted by molar-refractivity contribution is 9.10. The summed E-state index contributed by atoms with van der Waals surface area (Å²) < 4.78 is 13.8. The van der Waals surface area contributed by atoms with Crippen LogP contribution in [0.5, 0.6) is 0 Å². The third-order valence-electron chi connectivity index (χ3n) is 2.47. The van der Waals surface area contributed by atoms with Crippen molar-refractivity contribution in [3.05, 3.63) is 52.4 Å². The summed E-state index contributed by atoms with van der Waals surface area (Å²) in [6, 6.07) is 7.39. The molecule has 2 N–H and O–H groups in total. The first kappa shape index (κ1) is 13.5. The third-order valence-corrected chi connectivity index (χ3v) is 3.16. The van der Waals surface area contributed by atoms with E-state index in [2.05, 4.69) is 31.5 Å². The fourth-order valence-corrected chi connectivity index (χ4v) is 1.92. The highest BCUT2D eigenvalue weighted by atomic mass is 79.9. The van der Waals surface area contributed by atoms with E-state index in [4.69, 9.17) is 0 Å². The van der Waals surface area contributed by atoms with E-state index in [0.717, 1.165) is 0 Å². The lowest BCUT2D eigenvalue weighted by Crippen LogP contribution is -2.15. The molecular weight excluding hydrogens is 313 g/mol. The predicted octanol–water partition coefficient (Wildman–Crippen LogP) is 3.28. The molecule has 0 unspecified atom stereocenters. The number of halogens is 2. The maximum absolute atomic E-state index is 13.1. The van der Waals surface area contributed by atoms with Crippen LogP contribution in [0.1, 0.15) is 10.4 Å². The highest BCUT2D eigenvalue weighted by Gasteiger charge is 2.13. The Hall–Kier alpha value is -1.95. The standard InChI is InChI=1S/C13H11BrFN3O/c1-16-12-9(3-2-6-17-12)13(19)18-11-7-8(15)4-5-10(11)14/h2-7H,1H3,(H,16,17)(H,18,19). The number of nitrogens with one attached hydrogen (secondary N) is 2. The summed E-state index contributed by atoms with van der Waals surface area (Å²) in [5.74, 6) is -0.310. The predicted molar refractivity (Wildman–Crippen MR) is 75.8 cm³/mol. The molecule has 19 heavy (non-hydrogen) atoms. The molecule has 1 aromatic heterocycles. The molecule has 0 radical (unpaired) electrons. The van der Waals surface area contributed by atoms with Gasteiger partial charge >= 0.3 is 0 Å². The van der Waals surface area contributed by atoms with Crippen LogP contribution >= 0.6 is 15.9 Å². The zero-order valence-corrected chi connectivity index (χ0v) is 11.7. The minimum atomic E-state index is -0.418. The average Bonchev–Trinajstić information content (AvgIpc) is 2.42. The van der Waals surface area contributed by atoms with Crippen molar-refractivity contribution in [1.29, 1.82) is 0 Å². The maximum atomic E-state index is 13.1. The molecule has 1 aromatic carbocycles. The molecule has 0 bridgehead atoms. The molecule has 1 amide bonds. The summed E-state index contributed by atoms with van der Waals surface area (Å²) in [5, 5.41) is 5.47. The summed E-state index contributed by atoms with van der Waals surface area (Å²) in [7, 11) is 1.68. The normalized spacial score (nSPS) is 10.1. The van der Waals surface area contributed by atoms with Crippen molar-refractivity contribution in [2.45, 2.75) is 0 Å². The van der Waals surface area contributed by atoms with E-state index < -0.39 is 5.82 Å². The van der Waals surface area contributed by atoms with Gasteiger partial charge in [0.05, 0.1) is 11.3 Å². The second-order valence-electron chi connectivity index (χ2n) is 3.73. The minimum Gasteiger partial charge on any atom is -0.372 e. The lowest BCUT2D eigenvalue weighted by Gasteiger charge is -2.10. The summed E-state index contributed by atoms with van der Waals surface area (Å²) in [4.78, 5) is 16.2. The Morgan fingerprint density at radius 1 is 1.37 bits per heavy atom. The number of amides is 1. The van der Waals surface area contributed by atoms with Crippen molar-refractivity contribution in [3.8, 4) is 0 Å². The van der Waals surface area contributed by atoms with E-state index in [-0.39, 0.29) is 5.91 Å². The number of benzene rings is 1. The number of pyridine rings is 1. The fourth-order valence-electron chi connectivity index (χ4n) is 1.57. The molecule has 0 aliphatic carbocycles. The zero-order valence-electron chi connectivity index (χ0n) is 10.1. The van der Waals surface area contributed by atoms with E-state index in [0.29, 0.717) is 21.5 Å². The average molecular weight is 324 g/mol. The summed E-state index contributed by atoms with van der Waals surface area (Å²) >= 11 is 3.25. The molecule has 0 aliphatic rings. The Morgan fingerprint density at radius 3 is 2.89 bits per heavy atom. The van der Waals surface area contributed by atoms with Crippen molar-refractivity contribution in [2.24, 2.45) is 0 Å². The second-order valence-corrected chi connectivity index (χ2v) is 4.58. The van der Waals surface area contributed by atoms with Crippen molar-refractivity contribution in [1.82, 2.24) is 4.98 Å². The van der Waals surface area contributed by atoms with Gasteiger partial charge in [0.15, 0.2) is 0 Å². The molecule has 1 heterocycles. The smallest absolute Gasteiger partial charge is 0.259 e. The van der Waals surface area contributed by atoms with Gasteiger partial charge in [-0.1, -0.05) is 0 Å². The molecule has 0 spiro atoms. The molecule has 2 aromatic rings. The van der Waals surface area contributed by atoms with Crippen molar-refractivity contribution in [2.75, 3.05) is 17.7 Å².